The first-order valence-corrected chi connectivity index (χ1v) is 9.60. The Balaban J connectivity index is 2.23. The molecule has 0 saturated carbocycles. The van der Waals surface area contributed by atoms with Gasteiger partial charge >= 0.3 is 0 Å². The maximum Gasteiger partial charge on any atom is 0.119 e. The first-order chi connectivity index (χ1) is 12.9. The van der Waals surface area contributed by atoms with Crippen molar-refractivity contribution < 1.29 is 4.74 Å². The predicted molar refractivity (Wildman–Crippen MR) is 116 cm³/mol. The molecular weight excluding hydrogens is 334 g/mol. The molecule has 0 aromatic heterocycles. The Morgan fingerprint density at radius 1 is 1.30 bits per heavy atom. The summed E-state index contributed by atoms with van der Waals surface area (Å²) >= 11 is 0. The first-order valence-electron chi connectivity index (χ1n) is 9.60. The number of methoxy groups -OCH3 is 1. The van der Waals surface area contributed by atoms with Crippen LogP contribution in [0.5, 0.6) is 5.75 Å². The van der Waals surface area contributed by atoms with Gasteiger partial charge in [0.25, 0.3) is 0 Å². The fraction of sp³-hybridized carbons (Fsp3) is 0.435. The van der Waals surface area contributed by atoms with Crippen LogP contribution in [0.25, 0.3) is 5.70 Å². The van der Waals surface area contributed by atoms with E-state index in [9.17, 15) is 0 Å². The summed E-state index contributed by atoms with van der Waals surface area (Å²) in [5, 5.41) is 0. The molecule has 1 aromatic carbocycles. The van der Waals surface area contributed by atoms with Gasteiger partial charge < -0.3 is 14.5 Å². The summed E-state index contributed by atoms with van der Waals surface area (Å²) in [6, 6.07) is 8.11. The Morgan fingerprint density at radius 3 is 2.63 bits per heavy atom. The van der Waals surface area contributed by atoms with Crippen LogP contribution in [-0.4, -0.2) is 48.3 Å². The second-order valence-electron chi connectivity index (χ2n) is 7.11. The Morgan fingerprint density at radius 2 is 2.04 bits per heavy atom. The summed E-state index contributed by atoms with van der Waals surface area (Å²) in [6.45, 7) is 19.9. The lowest BCUT2D eigenvalue weighted by Gasteiger charge is -2.51. The minimum atomic E-state index is -0.0331. The minimum Gasteiger partial charge on any atom is -0.497 e. The van der Waals surface area contributed by atoms with Crippen LogP contribution in [0.15, 0.2) is 59.9 Å². The standard InChI is InChI=1S/C23H33N3O/c1-8-22(24-10-3)19(5)26-15-14-25(17-23(26,6)9-2)18(4)20-12-11-13-21(16-20)27-7/h8,10-13,16H,4-5,9,14-15,17H2,1-3,6-7H3/b22-8+,24-10?. The Hall–Kier alpha value is -2.49. The molecule has 1 unspecified atom stereocenters. The molecule has 1 fully saturated rings. The summed E-state index contributed by atoms with van der Waals surface area (Å²) < 4.78 is 5.37. The van der Waals surface area contributed by atoms with Crippen molar-refractivity contribution >= 4 is 11.9 Å². The Kier molecular flexibility index (Phi) is 6.89. The number of rotatable bonds is 7. The zero-order valence-corrected chi connectivity index (χ0v) is 17.5. The number of hydrogen-bond acceptors (Lipinski definition) is 4. The van der Waals surface area contributed by atoms with Crippen molar-refractivity contribution in [3.63, 3.8) is 0 Å². The molecule has 0 N–H and O–H groups in total. The quantitative estimate of drug-likeness (QED) is 0.504. The highest BCUT2D eigenvalue weighted by atomic mass is 16.5. The van der Waals surface area contributed by atoms with E-state index in [1.165, 1.54) is 0 Å². The van der Waals surface area contributed by atoms with Gasteiger partial charge in [0, 0.05) is 37.1 Å². The lowest BCUT2D eigenvalue weighted by Crippen LogP contribution is -2.59. The lowest BCUT2D eigenvalue weighted by atomic mass is 9.91. The molecule has 0 aliphatic carbocycles. The Bertz CT molecular complexity index is 750. The first kappa shape index (κ1) is 20.8. The van der Waals surface area contributed by atoms with E-state index in [-0.39, 0.29) is 5.54 Å². The summed E-state index contributed by atoms with van der Waals surface area (Å²) in [5.41, 5.74) is 4.04. The van der Waals surface area contributed by atoms with Crippen LogP contribution in [0.4, 0.5) is 0 Å². The SMILES string of the molecule is C=C(c1cccc(OC)c1)N1CCN(C(=C)/C(=C\C)N=CC)C(C)(CC)C1. The average molecular weight is 368 g/mol. The van der Waals surface area contributed by atoms with Crippen molar-refractivity contribution in [1.29, 1.82) is 0 Å². The van der Waals surface area contributed by atoms with Crippen LogP contribution in [-0.2, 0) is 0 Å². The van der Waals surface area contributed by atoms with Gasteiger partial charge in [-0.25, -0.2) is 0 Å². The zero-order valence-electron chi connectivity index (χ0n) is 17.5. The monoisotopic (exact) mass is 367 g/mol. The summed E-state index contributed by atoms with van der Waals surface area (Å²) in [4.78, 5) is 9.27. The van der Waals surface area contributed by atoms with Crippen molar-refractivity contribution in [2.24, 2.45) is 4.99 Å². The minimum absolute atomic E-state index is 0.0331. The van der Waals surface area contributed by atoms with Crippen molar-refractivity contribution in [2.75, 3.05) is 26.7 Å². The van der Waals surface area contributed by atoms with Crippen LogP contribution in [0, 0.1) is 0 Å². The molecule has 146 valence electrons. The van der Waals surface area contributed by atoms with Gasteiger partial charge in [-0.3, -0.25) is 4.99 Å². The molecule has 0 bridgehead atoms. The number of allylic oxidation sites excluding steroid dienone is 1. The van der Waals surface area contributed by atoms with E-state index in [2.05, 4.69) is 47.9 Å². The third kappa shape index (κ3) is 4.44. The van der Waals surface area contributed by atoms with Crippen LogP contribution >= 0.6 is 0 Å². The van der Waals surface area contributed by atoms with E-state index < -0.39 is 0 Å². The zero-order chi connectivity index (χ0) is 20.0. The highest BCUT2D eigenvalue weighted by Gasteiger charge is 2.38. The van der Waals surface area contributed by atoms with Crippen LogP contribution in [0.2, 0.25) is 0 Å². The number of hydrogen-bond donors (Lipinski definition) is 0. The van der Waals surface area contributed by atoms with Gasteiger partial charge in [-0.15, -0.1) is 0 Å². The van der Waals surface area contributed by atoms with E-state index in [4.69, 9.17) is 4.74 Å². The molecule has 1 aliphatic heterocycles. The third-order valence-corrected chi connectivity index (χ3v) is 5.49. The van der Waals surface area contributed by atoms with Crippen LogP contribution < -0.4 is 4.74 Å². The molecule has 4 heteroatoms. The van der Waals surface area contributed by atoms with Gasteiger partial charge in [-0.05, 0) is 39.3 Å². The number of piperazine rings is 1. The normalized spacial score (nSPS) is 20.9. The van der Waals surface area contributed by atoms with Crippen molar-refractivity contribution in [3.05, 3.63) is 60.5 Å². The topological polar surface area (TPSA) is 28.1 Å². The molecule has 1 heterocycles. The van der Waals surface area contributed by atoms with Crippen LogP contribution in [0.3, 0.4) is 0 Å². The second-order valence-corrected chi connectivity index (χ2v) is 7.11. The average Bonchev–Trinajstić information content (AvgIpc) is 2.70. The number of benzene rings is 1. The Labute approximate surface area is 164 Å². The lowest BCUT2D eigenvalue weighted by molar-refractivity contribution is 0.0613. The maximum absolute atomic E-state index is 5.37. The number of ether oxygens (including phenoxy) is 1. The van der Waals surface area contributed by atoms with Gasteiger partial charge in [0.2, 0.25) is 0 Å². The molecule has 1 aliphatic rings. The van der Waals surface area contributed by atoms with Gasteiger partial charge in [-0.1, -0.05) is 38.3 Å². The smallest absolute Gasteiger partial charge is 0.119 e. The summed E-state index contributed by atoms with van der Waals surface area (Å²) in [6.07, 6.45) is 4.87. The molecule has 1 saturated heterocycles. The van der Waals surface area contributed by atoms with Crippen molar-refractivity contribution in [3.8, 4) is 5.75 Å². The van der Waals surface area contributed by atoms with Crippen molar-refractivity contribution in [1.82, 2.24) is 9.80 Å². The molecule has 0 radical (unpaired) electrons. The summed E-state index contributed by atoms with van der Waals surface area (Å²) in [5.74, 6) is 0.856. The van der Waals surface area contributed by atoms with E-state index >= 15 is 0 Å². The van der Waals surface area contributed by atoms with Gasteiger partial charge in [0.1, 0.15) is 5.75 Å². The largest absolute Gasteiger partial charge is 0.497 e. The van der Waals surface area contributed by atoms with Crippen molar-refractivity contribution in [2.45, 2.75) is 39.7 Å². The third-order valence-electron chi connectivity index (χ3n) is 5.49. The molecule has 2 rings (SSSR count). The molecular formula is C23H33N3O. The molecule has 0 spiro atoms. The molecule has 27 heavy (non-hydrogen) atoms. The molecule has 0 amide bonds. The fourth-order valence-electron chi connectivity index (χ4n) is 3.64. The van der Waals surface area contributed by atoms with Gasteiger partial charge in [-0.2, -0.15) is 0 Å². The highest BCUT2D eigenvalue weighted by molar-refractivity contribution is 5.63. The highest BCUT2D eigenvalue weighted by Crippen LogP contribution is 2.34. The summed E-state index contributed by atoms with van der Waals surface area (Å²) in [7, 11) is 1.69. The molecule has 1 aromatic rings. The van der Waals surface area contributed by atoms with E-state index in [0.717, 1.165) is 54.5 Å². The number of aliphatic imine (C=N–C) groups is 1. The van der Waals surface area contributed by atoms with E-state index in [1.807, 2.05) is 44.3 Å². The molecule has 4 nitrogen and oxygen atoms in total. The van der Waals surface area contributed by atoms with E-state index in [1.54, 1.807) is 7.11 Å². The van der Waals surface area contributed by atoms with Gasteiger partial charge in [0.05, 0.1) is 24.0 Å². The second kappa shape index (κ2) is 8.94. The van der Waals surface area contributed by atoms with E-state index in [0.29, 0.717) is 0 Å². The van der Waals surface area contributed by atoms with Crippen LogP contribution in [0.1, 0.15) is 39.7 Å². The maximum atomic E-state index is 5.37. The molecule has 1 atom stereocenters. The van der Waals surface area contributed by atoms with Gasteiger partial charge in [0.15, 0.2) is 0 Å². The predicted octanol–water partition coefficient (Wildman–Crippen LogP) is 4.96. The fourth-order valence-corrected chi connectivity index (χ4v) is 3.64. The number of nitrogens with zero attached hydrogens (tertiary/aromatic N) is 3.